The quantitative estimate of drug-likeness (QED) is 0.649. The SMILES string of the molecule is O=C(NCCCOCC1CC1)c1ccc(F)c(S(=O)(=O)N2CCCCC2)c1. The van der Waals surface area contributed by atoms with Gasteiger partial charge in [0.15, 0.2) is 0 Å². The Balaban J connectivity index is 1.57. The van der Waals surface area contributed by atoms with Crippen LogP contribution in [0.15, 0.2) is 23.1 Å². The summed E-state index contributed by atoms with van der Waals surface area (Å²) in [6.45, 7) is 2.56. The van der Waals surface area contributed by atoms with E-state index in [1.54, 1.807) is 0 Å². The molecule has 1 heterocycles. The van der Waals surface area contributed by atoms with E-state index in [4.69, 9.17) is 4.74 Å². The molecule has 0 spiro atoms. The van der Waals surface area contributed by atoms with E-state index in [9.17, 15) is 17.6 Å². The average molecular weight is 399 g/mol. The first kappa shape index (κ1) is 20.2. The summed E-state index contributed by atoms with van der Waals surface area (Å²) in [5.74, 6) is -0.531. The molecule has 6 nitrogen and oxygen atoms in total. The van der Waals surface area contributed by atoms with Crippen molar-refractivity contribution >= 4 is 15.9 Å². The molecular weight excluding hydrogens is 371 g/mol. The number of nitrogens with zero attached hydrogens (tertiary/aromatic N) is 1. The summed E-state index contributed by atoms with van der Waals surface area (Å²) in [4.78, 5) is 11.9. The molecule has 1 aromatic rings. The van der Waals surface area contributed by atoms with Crippen molar-refractivity contribution in [2.45, 2.75) is 43.4 Å². The van der Waals surface area contributed by atoms with Crippen molar-refractivity contribution in [3.8, 4) is 0 Å². The van der Waals surface area contributed by atoms with Gasteiger partial charge >= 0.3 is 0 Å². The maximum Gasteiger partial charge on any atom is 0.251 e. The minimum atomic E-state index is -3.93. The van der Waals surface area contributed by atoms with E-state index in [0.29, 0.717) is 38.6 Å². The summed E-state index contributed by atoms with van der Waals surface area (Å²) in [7, 11) is -3.93. The van der Waals surface area contributed by atoms with Crippen LogP contribution in [0.25, 0.3) is 0 Å². The molecule has 0 atom stereocenters. The van der Waals surface area contributed by atoms with Crippen molar-refractivity contribution in [2.75, 3.05) is 32.8 Å². The van der Waals surface area contributed by atoms with E-state index in [2.05, 4.69) is 5.32 Å². The van der Waals surface area contributed by atoms with Crippen molar-refractivity contribution in [1.29, 1.82) is 0 Å². The molecule has 1 aromatic carbocycles. The fourth-order valence-electron chi connectivity index (χ4n) is 3.10. The number of rotatable bonds is 9. The van der Waals surface area contributed by atoms with Crippen molar-refractivity contribution < 1.29 is 22.3 Å². The fourth-order valence-corrected chi connectivity index (χ4v) is 4.71. The molecule has 27 heavy (non-hydrogen) atoms. The number of hydrogen-bond donors (Lipinski definition) is 1. The second-order valence-corrected chi connectivity index (χ2v) is 9.14. The van der Waals surface area contributed by atoms with Gasteiger partial charge in [-0.05, 0) is 56.2 Å². The molecule has 8 heteroatoms. The van der Waals surface area contributed by atoms with Crippen LogP contribution in [0.1, 0.15) is 48.9 Å². The van der Waals surface area contributed by atoms with Gasteiger partial charge in [-0.3, -0.25) is 4.79 Å². The van der Waals surface area contributed by atoms with Crippen LogP contribution >= 0.6 is 0 Å². The van der Waals surface area contributed by atoms with Crippen molar-refractivity contribution in [1.82, 2.24) is 9.62 Å². The lowest BCUT2D eigenvalue weighted by Crippen LogP contribution is -2.36. The number of benzene rings is 1. The average Bonchev–Trinajstić information content (AvgIpc) is 3.49. The van der Waals surface area contributed by atoms with Crippen molar-refractivity contribution in [3.05, 3.63) is 29.6 Å². The highest BCUT2D eigenvalue weighted by Crippen LogP contribution is 2.28. The normalized spacial score (nSPS) is 18.4. The molecule has 1 N–H and O–H groups in total. The Hall–Kier alpha value is -1.51. The number of carbonyl (C=O) groups excluding carboxylic acids is 1. The largest absolute Gasteiger partial charge is 0.381 e. The standard InChI is InChI=1S/C19H27FN2O4S/c20-17-8-7-16(19(23)21-9-4-12-26-14-15-5-6-15)13-18(17)27(24,25)22-10-2-1-3-11-22/h7-8,13,15H,1-6,9-12,14H2,(H,21,23). The van der Waals surface area contributed by atoms with Gasteiger partial charge in [0.2, 0.25) is 10.0 Å². The van der Waals surface area contributed by atoms with Gasteiger partial charge in [0.05, 0.1) is 0 Å². The monoisotopic (exact) mass is 398 g/mol. The first-order valence-corrected chi connectivity index (χ1v) is 11.1. The Morgan fingerprint density at radius 3 is 2.67 bits per heavy atom. The number of amides is 1. The van der Waals surface area contributed by atoms with Crippen LogP contribution in [0, 0.1) is 11.7 Å². The third-order valence-corrected chi connectivity index (χ3v) is 6.84. The number of halogens is 1. The smallest absolute Gasteiger partial charge is 0.251 e. The number of carbonyl (C=O) groups is 1. The number of piperidine rings is 1. The molecule has 1 saturated carbocycles. The van der Waals surface area contributed by atoms with Crippen LogP contribution in [0.5, 0.6) is 0 Å². The van der Waals surface area contributed by atoms with Crippen LogP contribution in [0.2, 0.25) is 0 Å². The first-order chi connectivity index (χ1) is 13.0. The lowest BCUT2D eigenvalue weighted by atomic mass is 10.2. The van der Waals surface area contributed by atoms with Crippen LogP contribution in [0.3, 0.4) is 0 Å². The number of hydrogen-bond acceptors (Lipinski definition) is 4. The van der Waals surface area contributed by atoms with E-state index in [1.165, 1.54) is 23.2 Å². The summed E-state index contributed by atoms with van der Waals surface area (Å²) in [5.41, 5.74) is 0.144. The third-order valence-electron chi connectivity index (χ3n) is 4.93. The number of ether oxygens (including phenoxy) is 1. The first-order valence-electron chi connectivity index (χ1n) is 9.64. The lowest BCUT2D eigenvalue weighted by Gasteiger charge is -2.26. The van der Waals surface area contributed by atoms with Crippen LogP contribution in [-0.2, 0) is 14.8 Å². The molecule has 2 aliphatic rings. The Kier molecular flexibility index (Phi) is 6.83. The molecule has 0 radical (unpaired) electrons. The molecule has 0 unspecified atom stereocenters. The van der Waals surface area contributed by atoms with Crippen LogP contribution in [-0.4, -0.2) is 51.5 Å². The lowest BCUT2D eigenvalue weighted by molar-refractivity contribution is 0.0937. The Bertz CT molecular complexity index is 759. The van der Waals surface area contributed by atoms with E-state index >= 15 is 0 Å². The van der Waals surface area contributed by atoms with Crippen LogP contribution in [0.4, 0.5) is 4.39 Å². The maximum absolute atomic E-state index is 14.2. The molecule has 1 amide bonds. The highest BCUT2D eigenvalue weighted by atomic mass is 32.2. The van der Waals surface area contributed by atoms with Crippen molar-refractivity contribution in [2.24, 2.45) is 5.92 Å². The Labute approximate surface area is 160 Å². The number of sulfonamides is 1. The van der Waals surface area contributed by atoms with E-state index in [-0.39, 0.29) is 5.56 Å². The summed E-state index contributed by atoms with van der Waals surface area (Å²) < 4.78 is 46.4. The summed E-state index contributed by atoms with van der Waals surface area (Å²) >= 11 is 0. The van der Waals surface area contributed by atoms with Gasteiger partial charge in [-0.1, -0.05) is 6.42 Å². The van der Waals surface area contributed by atoms with E-state index < -0.39 is 26.6 Å². The van der Waals surface area contributed by atoms with Gasteiger partial charge in [0.1, 0.15) is 10.7 Å². The summed E-state index contributed by atoms with van der Waals surface area (Å²) in [6.07, 6.45) is 5.67. The van der Waals surface area contributed by atoms with Gasteiger partial charge < -0.3 is 10.1 Å². The summed E-state index contributed by atoms with van der Waals surface area (Å²) in [6, 6.07) is 3.49. The molecule has 2 fully saturated rings. The molecule has 3 rings (SSSR count). The summed E-state index contributed by atoms with van der Waals surface area (Å²) in [5, 5.41) is 2.73. The van der Waals surface area contributed by atoms with Gasteiger partial charge in [-0.15, -0.1) is 0 Å². The molecule has 0 aromatic heterocycles. The molecule has 150 valence electrons. The van der Waals surface area contributed by atoms with Gasteiger partial charge in [-0.25, -0.2) is 12.8 Å². The highest BCUT2D eigenvalue weighted by molar-refractivity contribution is 7.89. The zero-order valence-electron chi connectivity index (χ0n) is 15.5. The topological polar surface area (TPSA) is 75.7 Å². The van der Waals surface area contributed by atoms with Gasteiger partial charge in [0.25, 0.3) is 5.91 Å². The highest BCUT2D eigenvalue weighted by Gasteiger charge is 2.29. The second kappa shape index (κ2) is 9.12. The maximum atomic E-state index is 14.2. The Morgan fingerprint density at radius 2 is 1.96 bits per heavy atom. The predicted octanol–water partition coefficient (Wildman–Crippen LogP) is 2.55. The minimum Gasteiger partial charge on any atom is -0.381 e. The van der Waals surface area contributed by atoms with E-state index in [1.807, 2.05) is 0 Å². The third kappa shape index (κ3) is 5.49. The zero-order chi connectivity index (χ0) is 19.3. The fraction of sp³-hybridized carbons (Fsp3) is 0.632. The molecule has 0 bridgehead atoms. The Morgan fingerprint density at radius 1 is 1.22 bits per heavy atom. The van der Waals surface area contributed by atoms with E-state index in [0.717, 1.165) is 38.0 Å². The van der Waals surface area contributed by atoms with Crippen LogP contribution < -0.4 is 5.32 Å². The second-order valence-electron chi connectivity index (χ2n) is 7.24. The zero-order valence-corrected chi connectivity index (χ0v) is 16.3. The minimum absolute atomic E-state index is 0.144. The number of nitrogens with one attached hydrogen (secondary N) is 1. The van der Waals surface area contributed by atoms with Crippen molar-refractivity contribution in [3.63, 3.8) is 0 Å². The predicted molar refractivity (Wildman–Crippen MR) is 99.5 cm³/mol. The molecular formula is C19H27FN2O4S. The molecule has 1 saturated heterocycles. The van der Waals surface area contributed by atoms with Gasteiger partial charge in [-0.2, -0.15) is 4.31 Å². The molecule has 1 aliphatic carbocycles. The molecule has 1 aliphatic heterocycles. The van der Waals surface area contributed by atoms with Gasteiger partial charge in [0, 0.05) is 38.4 Å².